The molecule has 6 nitrogen and oxygen atoms in total. The molecular formula is C14H16N2O4S. The largest absolute Gasteiger partial charge is 0.465 e. The second-order valence-corrected chi connectivity index (χ2v) is 5.97. The normalized spacial score (nSPS) is 17.1. The van der Waals surface area contributed by atoms with Gasteiger partial charge in [0.1, 0.15) is 12.3 Å². The first-order valence-corrected chi connectivity index (χ1v) is 7.34. The Bertz CT molecular complexity index is 578. The standard InChI is InChI=1S/C14H16N2O4S/c1-9(2)7-15-12(17)8-16-13(18)11(21-14(16)19)6-10-4-3-5-20-10/h3-6,9H,7-8H2,1-2H3,(H,15,17)/b11-6-. The van der Waals surface area contributed by atoms with Crippen LogP contribution in [0.25, 0.3) is 6.08 Å². The smallest absolute Gasteiger partial charge is 0.294 e. The van der Waals surface area contributed by atoms with Gasteiger partial charge in [0.05, 0.1) is 11.2 Å². The van der Waals surface area contributed by atoms with Crippen molar-refractivity contribution in [1.29, 1.82) is 0 Å². The Labute approximate surface area is 126 Å². The zero-order chi connectivity index (χ0) is 15.4. The topological polar surface area (TPSA) is 79.6 Å². The van der Waals surface area contributed by atoms with Crippen molar-refractivity contribution >= 4 is 34.9 Å². The molecule has 1 aromatic heterocycles. The van der Waals surface area contributed by atoms with Crippen LogP contribution in [-0.4, -0.2) is 35.0 Å². The van der Waals surface area contributed by atoms with Gasteiger partial charge in [-0.1, -0.05) is 13.8 Å². The van der Waals surface area contributed by atoms with Gasteiger partial charge in [0, 0.05) is 12.6 Å². The maximum atomic E-state index is 12.1. The summed E-state index contributed by atoms with van der Waals surface area (Å²) in [6, 6.07) is 3.37. The van der Waals surface area contributed by atoms with Crippen molar-refractivity contribution in [3.05, 3.63) is 29.1 Å². The van der Waals surface area contributed by atoms with Gasteiger partial charge < -0.3 is 9.73 Å². The lowest BCUT2D eigenvalue weighted by atomic mass is 10.2. The Hall–Kier alpha value is -2.02. The molecule has 7 heteroatoms. The Morgan fingerprint density at radius 1 is 1.48 bits per heavy atom. The van der Waals surface area contributed by atoms with Crippen LogP contribution in [0, 0.1) is 5.92 Å². The summed E-state index contributed by atoms with van der Waals surface area (Å²) in [7, 11) is 0. The molecule has 21 heavy (non-hydrogen) atoms. The summed E-state index contributed by atoms with van der Waals surface area (Å²) in [5.41, 5.74) is 0. The molecule has 3 amide bonds. The van der Waals surface area contributed by atoms with E-state index in [0.717, 1.165) is 16.7 Å². The highest BCUT2D eigenvalue weighted by Gasteiger charge is 2.36. The number of imide groups is 1. The van der Waals surface area contributed by atoms with Gasteiger partial charge in [-0.2, -0.15) is 0 Å². The number of nitrogens with one attached hydrogen (secondary N) is 1. The number of rotatable bonds is 5. The van der Waals surface area contributed by atoms with Crippen molar-refractivity contribution in [3.63, 3.8) is 0 Å². The fourth-order valence-electron chi connectivity index (χ4n) is 1.66. The summed E-state index contributed by atoms with van der Waals surface area (Å²) in [4.78, 5) is 36.8. The summed E-state index contributed by atoms with van der Waals surface area (Å²) in [6.07, 6.45) is 2.98. The summed E-state index contributed by atoms with van der Waals surface area (Å²) < 4.78 is 5.11. The SMILES string of the molecule is CC(C)CNC(=O)CN1C(=O)S/C(=C\c2ccco2)C1=O. The monoisotopic (exact) mass is 308 g/mol. The number of carbonyl (C=O) groups excluding carboxylic acids is 3. The van der Waals surface area contributed by atoms with Gasteiger partial charge in [0.15, 0.2) is 0 Å². The van der Waals surface area contributed by atoms with Crippen molar-refractivity contribution in [1.82, 2.24) is 10.2 Å². The zero-order valence-corrected chi connectivity index (χ0v) is 12.6. The van der Waals surface area contributed by atoms with E-state index in [1.807, 2.05) is 13.8 Å². The van der Waals surface area contributed by atoms with Crippen LogP contribution in [-0.2, 0) is 9.59 Å². The first kappa shape index (κ1) is 15.4. The lowest BCUT2D eigenvalue weighted by Gasteiger charge is -2.13. The van der Waals surface area contributed by atoms with Crippen LogP contribution in [0.2, 0.25) is 0 Å². The quantitative estimate of drug-likeness (QED) is 0.843. The van der Waals surface area contributed by atoms with E-state index in [4.69, 9.17) is 4.42 Å². The van der Waals surface area contributed by atoms with Gasteiger partial charge in [-0.3, -0.25) is 19.3 Å². The van der Waals surface area contributed by atoms with Crippen molar-refractivity contribution in [2.24, 2.45) is 5.92 Å². The molecule has 2 heterocycles. The number of hydrogen-bond acceptors (Lipinski definition) is 5. The number of furan rings is 1. The average Bonchev–Trinajstić information content (AvgIpc) is 3.01. The van der Waals surface area contributed by atoms with Crippen LogP contribution in [0.5, 0.6) is 0 Å². The molecule has 0 unspecified atom stereocenters. The minimum atomic E-state index is -0.471. The fourth-order valence-corrected chi connectivity index (χ4v) is 2.47. The molecule has 0 saturated carbocycles. The van der Waals surface area contributed by atoms with Crippen molar-refractivity contribution in [2.45, 2.75) is 13.8 Å². The molecule has 1 saturated heterocycles. The molecule has 0 spiro atoms. The number of carbonyl (C=O) groups is 3. The third-order valence-electron chi connectivity index (χ3n) is 2.70. The van der Waals surface area contributed by atoms with E-state index in [1.54, 1.807) is 12.1 Å². The maximum Gasteiger partial charge on any atom is 0.294 e. The zero-order valence-electron chi connectivity index (χ0n) is 11.8. The van der Waals surface area contributed by atoms with Crippen LogP contribution >= 0.6 is 11.8 Å². The predicted molar refractivity (Wildman–Crippen MR) is 79.2 cm³/mol. The first-order valence-electron chi connectivity index (χ1n) is 6.53. The van der Waals surface area contributed by atoms with Gasteiger partial charge in [-0.15, -0.1) is 0 Å². The molecule has 1 fully saturated rings. The highest BCUT2D eigenvalue weighted by Crippen LogP contribution is 2.31. The first-order chi connectivity index (χ1) is 9.97. The van der Waals surface area contributed by atoms with Gasteiger partial charge in [0.2, 0.25) is 5.91 Å². The molecule has 0 aromatic carbocycles. The molecule has 0 bridgehead atoms. The van der Waals surface area contributed by atoms with Gasteiger partial charge in [0.25, 0.3) is 11.1 Å². The lowest BCUT2D eigenvalue weighted by molar-refractivity contribution is -0.129. The average molecular weight is 308 g/mol. The van der Waals surface area contributed by atoms with Gasteiger partial charge in [-0.25, -0.2) is 0 Å². The van der Waals surface area contributed by atoms with Crippen LogP contribution in [0.15, 0.2) is 27.7 Å². The van der Waals surface area contributed by atoms with Gasteiger partial charge >= 0.3 is 0 Å². The van der Waals surface area contributed by atoms with Crippen LogP contribution in [0.1, 0.15) is 19.6 Å². The van der Waals surface area contributed by atoms with Crippen molar-refractivity contribution in [3.8, 4) is 0 Å². The highest BCUT2D eigenvalue weighted by atomic mass is 32.2. The number of hydrogen-bond donors (Lipinski definition) is 1. The van der Waals surface area contributed by atoms with E-state index in [-0.39, 0.29) is 17.4 Å². The molecule has 112 valence electrons. The fraction of sp³-hybridized carbons (Fsp3) is 0.357. The lowest BCUT2D eigenvalue weighted by Crippen LogP contribution is -2.40. The minimum absolute atomic E-state index is 0.256. The third-order valence-corrected chi connectivity index (χ3v) is 3.61. The van der Waals surface area contributed by atoms with E-state index in [1.165, 1.54) is 12.3 Å². The Kier molecular flexibility index (Phi) is 4.85. The van der Waals surface area contributed by atoms with E-state index >= 15 is 0 Å². The Morgan fingerprint density at radius 3 is 2.86 bits per heavy atom. The van der Waals surface area contributed by atoms with Crippen LogP contribution < -0.4 is 5.32 Å². The maximum absolute atomic E-state index is 12.1. The van der Waals surface area contributed by atoms with E-state index < -0.39 is 11.1 Å². The molecule has 1 aliphatic heterocycles. The minimum Gasteiger partial charge on any atom is -0.465 e. The predicted octanol–water partition coefficient (Wildman–Crippen LogP) is 2.09. The van der Waals surface area contributed by atoms with Crippen molar-refractivity contribution in [2.75, 3.05) is 13.1 Å². The molecule has 0 atom stereocenters. The second-order valence-electron chi connectivity index (χ2n) is 4.98. The van der Waals surface area contributed by atoms with E-state index in [2.05, 4.69) is 5.32 Å². The second kappa shape index (κ2) is 6.62. The van der Waals surface area contributed by atoms with E-state index in [0.29, 0.717) is 18.2 Å². The summed E-state index contributed by atoms with van der Waals surface area (Å²) in [6.45, 7) is 4.18. The van der Waals surface area contributed by atoms with Crippen LogP contribution in [0.4, 0.5) is 4.79 Å². The summed E-state index contributed by atoms with van der Waals surface area (Å²) in [5.74, 6) is -0.0150. The van der Waals surface area contributed by atoms with Crippen LogP contribution in [0.3, 0.4) is 0 Å². The molecule has 1 N–H and O–H groups in total. The molecule has 2 rings (SSSR count). The number of nitrogens with zero attached hydrogens (tertiary/aromatic N) is 1. The molecule has 1 aromatic rings. The molecule has 1 aliphatic rings. The third kappa shape index (κ3) is 3.98. The van der Waals surface area contributed by atoms with Crippen molar-refractivity contribution < 1.29 is 18.8 Å². The van der Waals surface area contributed by atoms with E-state index in [9.17, 15) is 14.4 Å². The number of amides is 3. The summed E-state index contributed by atoms with van der Waals surface area (Å²) >= 11 is 0.805. The molecule has 0 aliphatic carbocycles. The van der Waals surface area contributed by atoms with Gasteiger partial charge in [-0.05, 0) is 29.8 Å². The Morgan fingerprint density at radius 2 is 2.24 bits per heavy atom. The molecule has 0 radical (unpaired) electrons. The summed E-state index contributed by atoms with van der Waals surface area (Å²) in [5, 5.41) is 2.23. The number of thioether (sulfide) groups is 1. The molecular weight excluding hydrogens is 292 g/mol. The highest BCUT2D eigenvalue weighted by molar-refractivity contribution is 8.18. The Balaban J connectivity index is 2.00.